The Morgan fingerprint density at radius 2 is 2.00 bits per heavy atom. The number of carbonyl (C=O) groups is 1. The zero-order chi connectivity index (χ0) is 15.3. The zero-order valence-electron chi connectivity index (χ0n) is 12.0. The van der Waals surface area contributed by atoms with Crippen LogP contribution in [0.25, 0.3) is 0 Å². The van der Waals surface area contributed by atoms with Gasteiger partial charge in [0.25, 0.3) is 5.56 Å². The predicted molar refractivity (Wildman–Crippen MR) is 77.0 cm³/mol. The number of aromatic amines is 1. The van der Waals surface area contributed by atoms with Gasteiger partial charge in [0.15, 0.2) is 0 Å². The van der Waals surface area contributed by atoms with Gasteiger partial charge >= 0.3 is 0 Å². The van der Waals surface area contributed by atoms with Crippen LogP contribution in [0.4, 0.5) is 11.8 Å². The van der Waals surface area contributed by atoms with E-state index in [-0.39, 0.29) is 35.6 Å². The van der Waals surface area contributed by atoms with Gasteiger partial charge in [-0.05, 0) is 13.8 Å². The van der Waals surface area contributed by atoms with Crippen LogP contribution in [-0.4, -0.2) is 25.7 Å². The fourth-order valence-electron chi connectivity index (χ4n) is 2.93. The quantitative estimate of drug-likeness (QED) is 0.691. The molecule has 0 spiro atoms. The highest BCUT2D eigenvalue weighted by Crippen LogP contribution is 2.36. The number of aryl methyl sites for hydroxylation is 2. The van der Waals surface area contributed by atoms with E-state index in [1.54, 1.807) is 4.68 Å². The molecule has 0 aliphatic carbocycles. The van der Waals surface area contributed by atoms with E-state index >= 15 is 0 Å². The van der Waals surface area contributed by atoms with Crippen molar-refractivity contribution in [3.05, 3.63) is 32.9 Å². The van der Waals surface area contributed by atoms with Crippen molar-refractivity contribution in [1.82, 2.24) is 19.7 Å². The van der Waals surface area contributed by atoms with Gasteiger partial charge in [0.1, 0.15) is 5.82 Å². The van der Waals surface area contributed by atoms with E-state index in [2.05, 4.69) is 20.4 Å². The van der Waals surface area contributed by atoms with E-state index in [4.69, 9.17) is 5.73 Å². The highest BCUT2D eigenvalue weighted by Gasteiger charge is 2.33. The topological polar surface area (TPSA) is 119 Å². The van der Waals surface area contributed by atoms with E-state index in [1.807, 2.05) is 20.9 Å². The number of nitrogens with zero attached hydrogens (tertiary/aromatic N) is 3. The smallest absolute Gasteiger partial charge is 0.258 e. The summed E-state index contributed by atoms with van der Waals surface area (Å²) in [5.41, 5.74) is 8.27. The van der Waals surface area contributed by atoms with E-state index in [0.29, 0.717) is 5.56 Å². The number of anilines is 2. The molecule has 110 valence electrons. The summed E-state index contributed by atoms with van der Waals surface area (Å²) in [5.74, 6) is -0.327. The molecule has 4 N–H and O–H groups in total. The molecule has 2 aromatic heterocycles. The lowest BCUT2D eigenvalue weighted by Gasteiger charge is -2.24. The van der Waals surface area contributed by atoms with Crippen LogP contribution < -0.4 is 16.6 Å². The van der Waals surface area contributed by atoms with Gasteiger partial charge in [-0.3, -0.25) is 19.3 Å². The van der Waals surface area contributed by atoms with Crippen molar-refractivity contribution in [2.45, 2.75) is 26.2 Å². The Bertz CT molecular complexity index is 804. The van der Waals surface area contributed by atoms with Crippen molar-refractivity contribution in [2.75, 3.05) is 11.1 Å². The number of H-pyrrole nitrogens is 1. The maximum atomic E-state index is 12.3. The molecule has 0 radical (unpaired) electrons. The van der Waals surface area contributed by atoms with Gasteiger partial charge in [0.05, 0.1) is 11.3 Å². The molecule has 0 unspecified atom stereocenters. The second kappa shape index (κ2) is 4.44. The van der Waals surface area contributed by atoms with Crippen molar-refractivity contribution < 1.29 is 4.79 Å². The highest BCUT2D eigenvalue weighted by molar-refractivity contribution is 5.94. The molecule has 0 fully saturated rings. The van der Waals surface area contributed by atoms with Gasteiger partial charge in [-0.25, -0.2) is 0 Å². The molecule has 1 atom stereocenters. The van der Waals surface area contributed by atoms with E-state index in [1.165, 1.54) is 0 Å². The molecular formula is C13H16N6O2. The summed E-state index contributed by atoms with van der Waals surface area (Å²) in [6.45, 7) is 3.79. The van der Waals surface area contributed by atoms with Crippen LogP contribution in [0, 0.1) is 13.8 Å². The summed E-state index contributed by atoms with van der Waals surface area (Å²) in [6, 6.07) is 0. The Balaban J connectivity index is 2.27. The first kappa shape index (κ1) is 13.3. The Morgan fingerprint density at radius 1 is 1.29 bits per heavy atom. The molecule has 8 nitrogen and oxygen atoms in total. The number of hydrogen-bond acceptors (Lipinski definition) is 5. The number of rotatable bonds is 1. The van der Waals surface area contributed by atoms with E-state index in [9.17, 15) is 9.59 Å². The normalized spacial score (nSPS) is 17.5. The summed E-state index contributed by atoms with van der Waals surface area (Å²) in [6.07, 6.45) is 0.190. The second-order valence-electron chi connectivity index (χ2n) is 5.23. The Hall–Kier alpha value is -2.64. The number of nitrogens with one attached hydrogen (secondary N) is 2. The fraction of sp³-hybridized carbons (Fsp3) is 0.385. The monoisotopic (exact) mass is 288 g/mol. The molecule has 21 heavy (non-hydrogen) atoms. The average Bonchev–Trinajstić information content (AvgIpc) is 2.61. The summed E-state index contributed by atoms with van der Waals surface area (Å²) in [7, 11) is 1.83. The second-order valence-corrected chi connectivity index (χ2v) is 5.23. The number of hydrogen-bond donors (Lipinski definition) is 3. The summed E-state index contributed by atoms with van der Waals surface area (Å²) >= 11 is 0. The minimum atomic E-state index is -0.362. The van der Waals surface area contributed by atoms with Gasteiger partial charge in [0.2, 0.25) is 11.9 Å². The van der Waals surface area contributed by atoms with Gasteiger partial charge in [0, 0.05) is 30.6 Å². The minimum Gasteiger partial charge on any atom is -0.369 e. The van der Waals surface area contributed by atoms with Crippen LogP contribution >= 0.6 is 0 Å². The third kappa shape index (κ3) is 1.99. The first-order chi connectivity index (χ1) is 9.88. The minimum absolute atomic E-state index is 0.0145. The number of aromatic nitrogens is 4. The number of nitrogens with two attached hydrogens (primary N) is 1. The number of amides is 1. The molecule has 0 saturated heterocycles. The average molecular weight is 288 g/mol. The van der Waals surface area contributed by atoms with Crippen LogP contribution in [0.3, 0.4) is 0 Å². The maximum absolute atomic E-state index is 12.3. The lowest BCUT2D eigenvalue weighted by molar-refractivity contribution is -0.116. The van der Waals surface area contributed by atoms with Gasteiger partial charge in [-0.2, -0.15) is 10.1 Å². The third-order valence-corrected chi connectivity index (χ3v) is 3.88. The van der Waals surface area contributed by atoms with Crippen LogP contribution in [0.2, 0.25) is 0 Å². The lowest BCUT2D eigenvalue weighted by Crippen LogP contribution is -2.32. The summed E-state index contributed by atoms with van der Waals surface area (Å²) in [5, 5.41) is 6.97. The standard InChI is InChI=1S/C13H16N6O2/c1-5-9(6(2)19(3)18-5)7-4-8(20)15-11-10(7)12(21)17-13(14)16-11/h7H,4H2,1-3H3,(H4,14,15,16,17,20,21)/t7-/m0/s1. The van der Waals surface area contributed by atoms with Gasteiger partial charge < -0.3 is 11.1 Å². The molecule has 1 aliphatic rings. The molecule has 0 saturated carbocycles. The van der Waals surface area contributed by atoms with Crippen molar-refractivity contribution in [3.63, 3.8) is 0 Å². The lowest BCUT2D eigenvalue weighted by atomic mass is 9.85. The number of carbonyl (C=O) groups excluding carboxylic acids is 1. The van der Waals surface area contributed by atoms with E-state index < -0.39 is 0 Å². The zero-order valence-corrected chi connectivity index (χ0v) is 12.0. The van der Waals surface area contributed by atoms with Crippen molar-refractivity contribution in [2.24, 2.45) is 7.05 Å². The summed E-state index contributed by atoms with van der Waals surface area (Å²) in [4.78, 5) is 30.7. The SMILES string of the molecule is Cc1nn(C)c(C)c1[C@@H]1CC(=O)Nc2nc(N)[nH]c(=O)c21. The van der Waals surface area contributed by atoms with Crippen LogP contribution in [0.15, 0.2) is 4.79 Å². The molecule has 1 aliphatic heterocycles. The molecule has 8 heteroatoms. The van der Waals surface area contributed by atoms with Crippen LogP contribution in [0.5, 0.6) is 0 Å². The van der Waals surface area contributed by atoms with Crippen LogP contribution in [-0.2, 0) is 11.8 Å². The predicted octanol–water partition coefficient (Wildman–Crippen LogP) is 0.177. The molecule has 3 rings (SSSR count). The van der Waals surface area contributed by atoms with E-state index in [0.717, 1.165) is 17.0 Å². The molecule has 0 bridgehead atoms. The Kier molecular flexibility index (Phi) is 2.82. The largest absolute Gasteiger partial charge is 0.369 e. The molecule has 2 aromatic rings. The molecular weight excluding hydrogens is 272 g/mol. The first-order valence-electron chi connectivity index (χ1n) is 6.58. The van der Waals surface area contributed by atoms with Gasteiger partial charge in [-0.15, -0.1) is 0 Å². The Morgan fingerprint density at radius 3 is 2.62 bits per heavy atom. The number of fused-ring (bicyclic) bond motifs is 1. The number of nitrogen functional groups attached to an aromatic ring is 1. The molecule has 3 heterocycles. The molecule has 0 aromatic carbocycles. The highest BCUT2D eigenvalue weighted by atomic mass is 16.2. The first-order valence-corrected chi connectivity index (χ1v) is 6.58. The Labute approximate surface area is 120 Å². The van der Waals surface area contributed by atoms with Crippen LogP contribution in [0.1, 0.15) is 34.9 Å². The van der Waals surface area contributed by atoms with Crippen molar-refractivity contribution >= 4 is 17.7 Å². The molecule has 1 amide bonds. The third-order valence-electron chi connectivity index (χ3n) is 3.88. The van der Waals surface area contributed by atoms with Gasteiger partial charge in [-0.1, -0.05) is 0 Å². The fourth-order valence-corrected chi connectivity index (χ4v) is 2.93. The van der Waals surface area contributed by atoms with Crippen molar-refractivity contribution in [1.29, 1.82) is 0 Å². The van der Waals surface area contributed by atoms with Crippen molar-refractivity contribution in [3.8, 4) is 0 Å². The summed E-state index contributed by atoms with van der Waals surface area (Å²) < 4.78 is 1.75. The maximum Gasteiger partial charge on any atom is 0.258 e.